The van der Waals surface area contributed by atoms with Crippen molar-refractivity contribution in [2.75, 3.05) is 20.6 Å². The van der Waals surface area contributed by atoms with Crippen molar-refractivity contribution in [1.82, 2.24) is 0 Å². The number of nitrogens with zero attached hydrogens (tertiary/aromatic N) is 1. The van der Waals surface area contributed by atoms with Crippen LogP contribution in [-0.2, 0) is 22.5 Å². The highest BCUT2D eigenvalue weighted by Gasteiger charge is 2.27. The first kappa shape index (κ1) is 32.9. The zero-order chi connectivity index (χ0) is 28.3. The van der Waals surface area contributed by atoms with Crippen molar-refractivity contribution in [2.45, 2.75) is 117 Å². The number of hydrogen-bond acceptors (Lipinski definition) is 3. The minimum absolute atomic E-state index is 0.215. The maximum absolute atomic E-state index is 12.7. The Balaban J connectivity index is 1.58. The van der Waals surface area contributed by atoms with Crippen molar-refractivity contribution in [3.63, 3.8) is 0 Å². The summed E-state index contributed by atoms with van der Waals surface area (Å²) in [7, 11) is 4.30. The molecule has 0 radical (unpaired) electrons. The summed E-state index contributed by atoms with van der Waals surface area (Å²) < 4.78 is 12.2. The van der Waals surface area contributed by atoms with Gasteiger partial charge in [-0.2, -0.15) is 0 Å². The number of esters is 1. The molecule has 2 unspecified atom stereocenters. The van der Waals surface area contributed by atoms with Crippen LogP contribution < -0.4 is 4.74 Å². The lowest BCUT2D eigenvalue weighted by Gasteiger charge is -2.32. The second-order valence-corrected chi connectivity index (χ2v) is 12.1. The molecule has 0 aliphatic heterocycles. The van der Waals surface area contributed by atoms with Gasteiger partial charge in [-0.1, -0.05) is 120 Å². The minimum Gasteiger partial charge on any atom is -0.455 e. The third-order valence-electron chi connectivity index (χ3n) is 7.45. The Hall–Kier alpha value is -2.33. The van der Waals surface area contributed by atoms with E-state index in [2.05, 4.69) is 57.4 Å². The summed E-state index contributed by atoms with van der Waals surface area (Å²) in [5.74, 6) is 0.305. The molecule has 0 spiro atoms. The third-order valence-corrected chi connectivity index (χ3v) is 7.45. The number of carbonyl (C=O) groups excluding carboxylic acids is 1. The molecule has 0 bridgehead atoms. The molecule has 2 aromatic carbocycles. The van der Waals surface area contributed by atoms with Gasteiger partial charge in [0.2, 0.25) is 6.29 Å². The first-order chi connectivity index (χ1) is 18.8. The molecule has 0 N–H and O–H groups in total. The minimum atomic E-state index is -0.619. The topological polar surface area (TPSA) is 35.5 Å². The van der Waals surface area contributed by atoms with Gasteiger partial charge in [0.1, 0.15) is 18.2 Å². The van der Waals surface area contributed by atoms with Gasteiger partial charge in [0.15, 0.2) is 0 Å². The van der Waals surface area contributed by atoms with Gasteiger partial charge in [-0.05, 0) is 37.5 Å². The van der Waals surface area contributed by atoms with Crippen molar-refractivity contribution in [3.05, 3.63) is 65.7 Å². The van der Waals surface area contributed by atoms with Gasteiger partial charge >= 0.3 is 5.97 Å². The Morgan fingerprint density at radius 3 is 1.82 bits per heavy atom. The van der Waals surface area contributed by atoms with E-state index in [4.69, 9.17) is 9.47 Å². The first-order valence-electron chi connectivity index (χ1n) is 15.6. The first-order valence-corrected chi connectivity index (χ1v) is 15.6. The second kappa shape index (κ2) is 18.9. The van der Waals surface area contributed by atoms with Gasteiger partial charge in [0.05, 0.1) is 20.6 Å². The van der Waals surface area contributed by atoms with Crippen LogP contribution in [0.1, 0.15) is 109 Å². The smallest absolute Gasteiger partial charge is 0.317 e. The van der Waals surface area contributed by atoms with E-state index < -0.39 is 6.29 Å². The lowest BCUT2D eigenvalue weighted by molar-refractivity contribution is -0.905. The molecule has 2 rings (SSSR count). The zero-order valence-electron chi connectivity index (χ0n) is 25.6. The molecular weight excluding hydrogens is 482 g/mol. The summed E-state index contributed by atoms with van der Waals surface area (Å²) in [6.07, 6.45) is 17.0. The number of benzene rings is 2. The van der Waals surface area contributed by atoms with E-state index in [0.29, 0.717) is 6.54 Å². The van der Waals surface area contributed by atoms with Gasteiger partial charge in [0, 0.05) is 12.5 Å². The number of ether oxygens (including phenoxy) is 2. The number of rotatable bonds is 21. The Labute approximate surface area is 239 Å². The van der Waals surface area contributed by atoms with Crippen LogP contribution in [0.15, 0.2) is 54.6 Å². The summed E-state index contributed by atoms with van der Waals surface area (Å²) in [6, 6.07) is 18.6. The fraction of sp³-hybridized carbons (Fsp3) is 0.629. The van der Waals surface area contributed by atoms with Gasteiger partial charge in [-0.25, -0.2) is 0 Å². The molecule has 2 aromatic rings. The highest BCUT2D eigenvalue weighted by Crippen LogP contribution is 2.19. The van der Waals surface area contributed by atoms with E-state index in [1.165, 1.54) is 88.2 Å². The van der Waals surface area contributed by atoms with Gasteiger partial charge in [-0.3, -0.25) is 4.79 Å². The van der Waals surface area contributed by atoms with Crippen molar-refractivity contribution in [3.8, 4) is 5.75 Å². The van der Waals surface area contributed by atoms with Crippen LogP contribution in [0.3, 0.4) is 0 Å². The Kier molecular flexibility index (Phi) is 15.9. The average molecular weight is 539 g/mol. The monoisotopic (exact) mass is 538 g/mol. The summed E-state index contributed by atoms with van der Waals surface area (Å²) in [6.45, 7) is 7.58. The van der Waals surface area contributed by atoms with Crippen molar-refractivity contribution < 1.29 is 18.8 Å². The van der Waals surface area contributed by atoms with E-state index in [1.54, 1.807) is 6.92 Å². The highest BCUT2D eigenvalue weighted by atomic mass is 16.7. The largest absolute Gasteiger partial charge is 0.455 e. The van der Waals surface area contributed by atoms with Crippen LogP contribution in [-0.4, -0.2) is 37.4 Å². The number of quaternary nitrogens is 1. The summed E-state index contributed by atoms with van der Waals surface area (Å²) in [5.41, 5.74) is 2.60. The molecular formula is C35H56NO3+. The fourth-order valence-corrected chi connectivity index (χ4v) is 5.36. The van der Waals surface area contributed by atoms with Crippen LogP contribution >= 0.6 is 0 Å². The molecule has 0 aliphatic carbocycles. The molecule has 4 heteroatoms. The molecule has 0 aliphatic rings. The Morgan fingerprint density at radius 1 is 0.718 bits per heavy atom. The second-order valence-electron chi connectivity index (χ2n) is 12.1. The highest BCUT2D eigenvalue weighted by molar-refractivity contribution is 5.72. The standard InChI is InChI=1S/C35H56NO3/c1-6-7-8-9-10-11-12-13-14-15-16-18-21-32-24-26-34(27-25-32)38-31(3)39-35(37)30(2)28-36(4,5)29-33-22-19-17-20-23-33/h17,19-20,22-27,30-31H,6-16,18,21,28-29H2,1-5H3/q+1. The third kappa shape index (κ3) is 15.1. The lowest BCUT2D eigenvalue weighted by Crippen LogP contribution is -2.44. The predicted molar refractivity (Wildman–Crippen MR) is 164 cm³/mol. The Morgan fingerprint density at radius 2 is 1.26 bits per heavy atom. The molecule has 0 saturated heterocycles. The van der Waals surface area contributed by atoms with E-state index in [9.17, 15) is 4.79 Å². The number of unbranched alkanes of at least 4 members (excludes halogenated alkanes) is 11. The predicted octanol–water partition coefficient (Wildman–Crippen LogP) is 9.11. The molecule has 0 amide bonds. The number of hydrogen-bond donors (Lipinski definition) is 0. The van der Waals surface area contributed by atoms with Crippen molar-refractivity contribution >= 4 is 5.97 Å². The quantitative estimate of drug-likeness (QED) is 0.0688. The Bertz CT molecular complexity index is 894. The SMILES string of the molecule is CCCCCCCCCCCCCCc1ccc(OC(C)OC(=O)C(C)C[N+](C)(C)Cc2ccccc2)cc1. The van der Waals surface area contributed by atoms with E-state index in [0.717, 1.165) is 23.2 Å². The molecule has 0 heterocycles. The van der Waals surface area contributed by atoms with Gasteiger partial charge in [0.25, 0.3) is 0 Å². The average Bonchev–Trinajstić information content (AvgIpc) is 2.90. The normalized spacial score (nSPS) is 13.2. The zero-order valence-corrected chi connectivity index (χ0v) is 25.6. The maximum atomic E-state index is 12.7. The maximum Gasteiger partial charge on any atom is 0.317 e. The number of aryl methyl sites for hydroxylation is 1. The van der Waals surface area contributed by atoms with Crippen LogP contribution in [0, 0.1) is 5.92 Å². The lowest BCUT2D eigenvalue weighted by atomic mass is 10.0. The van der Waals surface area contributed by atoms with Gasteiger partial charge < -0.3 is 14.0 Å². The molecule has 2 atom stereocenters. The fourth-order valence-electron chi connectivity index (χ4n) is 5.36. The molecule has 39 heavy (non-hydrogen) atoms. The van der Waals surface area contributed by atoms with Crippen LogP contribution in [0.5, 0.6) is 5.75 Å². The summed E-state index contributed by atoms with van der Waals surface area (Å²) in [5, 5.41) is 0. The number of carbonyl (C=O) groups is 1. The molecule has 218 valence electrons. The molecule has 0 aromatic heterocycles. The van der Waals surface area contributed by atoms with E-state index in [1.807, 2.05) is 25.1 Å². The van der Waals surface area contributed by atoms with Crippen LogP contribution in [0.2, 0.25) is 0 Å². The summed E-state index contributed by atoms with van der Waals surface area (Å²) >= 11 is 0. The van der Waals surface area contributed by atoms with Crippen LogP contribution in [0.25, 0.3) is 0 Å². The van der Waals surface area contributed by atoms with Crippen molar-refractivity contribution in [1.29, 1.82) is 0 Å². The molecule has 0 saturated carbocycles. The molecule has 4 nitrogen and oxygen atoms in total. The van der Waals surface area contributed by atoms with Crippen molar-refractivity contribution in [2.24, 2.45) is 5.92 Å². The summed E-state index contributed by atoms with van der Waals surface area (Å²) in [4.78, 5) is 12.7. The van der Waals surface area contributed by atoms with Crippen LogP contribution in [0.4, 0.5) is 0 Å². The van der Waals surface area contributed by atoms with E-state index >= 15 is 0 Å². The van der Waals surface area contributed by atoms with E-state index in [-0.39, 0.29) is 11.9 Å². The van der Waals surface area contributed by atoms with Gasteiger partial charge in [-0.15, -0.1) is 0 Å². The molecule has 0 fully saturated rings.